The zero-order valence-corrected chi connectivity index (χ0v) is 22.0. The van der Waals surface area contributed by atoms with E-state index in [4.69, 9.17) is 9.73 Å². The van der Waals surface area contributed by atoms with Gasteiger partial charge in [-0.3, -0.25) is 9.89 Å². The molecule has 1 rings (SSSR count). The summed E-state index contributed by atoms with van der Waals surface area (Å²) in [6.07, 6.45) is 1.85. The highest BCUT2D eigenvalue weighted by atomic mass is 127. The van der Waals surface area contributed by atoms with Crippen LogP contribution in [0, 0.1) is 5.92 Å². The lowest BCUT2D eigenvalue weighted by molar-refractivity contribution is 0.0143. The van der Waals surface area contributed by atoms with E-state index in [1.807, 2.05) is 6.92 Å². The van der Waals surface area contributed by atoms with Gasteiger partial charge in [-0.05, 0) is 32.6 Å². The van der Waals surface area contributed by atoms with Gasteiger partial charge in [0.25, 0.3) is 0 Å². The molecular weight excluding hydrogens is 505 g/mol. The molecule has 0 bridgehead atoms. The number of ether oxygens (including phenoxy) is 1. The van der Waals surface area contributed by atoms with Crippen molar-refractivity contribution < 1.29 is 13.2 Å². The molecule has 0 aromatic heterocycles. The zero-order chi connectivity index (χ0) is 21.0. The molecule has 1 fully saturated rings. The van der Waals surface area contributed by atoms with Crippen molar-refractivity contribution in [1.82, 2.24) is 19.8 Å². The fraction of sp³-hybridized carbons (Fsp3) is 0.947. The Labute approximate surface area is 195 Å². The van der Waals surface area contributed by atoms with Gasteiger partial charge in [-0.1, -0.05) is 13.8 Å². The van der Waals surface area contributed by atoms with E-state index >= 15 is 0 Å². The van der Waals surface area contributed by atoms with Gasteiger partial charge in [0.15, 0.2) is 5.96 Å². The molecule has 174 valence electrons. The van der Waals surface area contributed by atoms with Crippen molar-refractivity contribution >= 4 is 40.0 Å². The van der Waals surface area contributed by atoms with Crippen molar-refractivity contribution in [2.75, 3.05) is 65.3 Å². The first-order chi connectivity index (χ1) is 13.3. The van der Waals surface area contributed by atoms with Crippen LogP contribution in [0.15, 0.2) is 4.99 Å². The molecule has 1 heterocycles. The van der Waals surface area contributed by atoms with E-state index in [-0.39, 0.29) is 29.7 Å². The number of aliphatic imine (C=N–C) groups is 1. The number of guanidine groups is 1. The first-order valence-corrected chi connectivity index (χ1v) is 12.2. The number of nitrogens with one attached hydrogen (secondary N) is 2. The molecule has 1 unspecified atom stereocenters. The van der Waals surface area contributed by atoms with Crippen molar-refractivity contribution in [1.29, 1.82) is 0 Å². The highest BCUT2D eigenvalue weighted by Crippen LogP contribution is 2.14. The van der Waals surface area contributed by atoms with E-state index in [2.05, 4.69) is 29.4 Å². The average molecular weight is 548 g/mol. The highest BCUT2D eigenvalue weighted by Gasteiger charge is 2.22. The van der Waals surface area contributed by atoms with Crippen molar-refractivity contribution in [3.05, 3.63) is 0 Å². The van der Waals surface area contributed by atoms with Gasteiger partial charge in [-0.15, -0.1) is 24.0 Å². The maximum Gasteiger partial charge on any atom is 0.213 e. The monoisotopic (exact) mass is 547 g/mol. The van der Waals surface area contributed by atoms with Crippen LogP contribution in [0.4, 0.5) is 0 Å². The summed E-state index contributed by atoms with van der Waals surface area (Å²) in [5.41, 5.74) is 0. The molecule has 10 heteroatoms. The van der Waals surface area contributed by atoms with Crippen LogP contribution in [0.1, 0.15) is 40.5 Å². The predicted octanol–water partition coefficient (Wildman–Crippen LogP) is 1.58. The minimum atomic E-state index is -3.11. The molecule has 1 atom stereocenters. The van der Waals surface area contributed by atoms with Gasteiger partial charge in [-0.2, -0.15) is 0 Å². The Hall–Kier alpha value is -0.170. The molecule has 1 aliphatic rings. The maximum atomic E-state index is 11.8. The molecule has 2 N–H and O–H groups in total. The van der Waals surface area contributed by atoms with Crippen molar-refractivity contribution in [3.63, 3.8) is 0 Å². The zero-order valence-electron chi connectivity index (χ0n) is 18.8. The summed E-state index contributed by atoms with van der Waals surface area (Å²) in [5, 5.41) is 6.62. The molecule has 0 aliphatic carbocycles. The summed E-state index contributed by atoms with van der Waals surface area (Å²) in [6, 6.07) is 0.417. The van der Waals surface area contributed by atoms with Crippen molar-refractivity contribution in [3.8, 4) is 0 Å². The van der Waals surface area contributed by atoms with Crippen LogP contribution in [-0.2, 0) is 14.8 Å². The van der Waals surface area contributed by atoms with Crippen LogP contribution in [0.3, 0.4) is 0 Å². The Morgan fingerprint density at radius 1 is 1.21 bits per heavy atom. The van der Waals surface area contributed by atoms with Gasteiger partial charge < -0.3 is 15.4 Å². The molecule has 0 spiro atoms. The average Bonchev–Trinajstić information content (AvgIpc) is 2.68. The Morgan fingerprint density at radius 3 is 2.41 bits per heavy atom. The maximum absolute atomic E-state index is 11.8. The Kier molecular flexibility index (Phi) is 15.5. The quantitative estimate of drug-likeness (QED) is 0.167. The second-order valence-electron chi connectivity index (χ2n) is 7.65. The largest absolute Gasteiger partial charge is 0.379 e. The number of sulfonamides is 1. The normalized spacial score (nSPS) is 17.3. The van der Waals surface area contributed by atoms with E-state index < -0.39 is 10.0 Å². The van der Waals surface area contributed by atoms with E-state index in [0.29, 0.717) is 25.0 Å². The third-order valence-electron chi connectivity index (χ3n) is 4.89. The van der Waals surface area contributed by atoms with Gasteiger partial charge in [0.2, 0.25) is 10.0 Å². The van der Waals surface area contributed by atoms with E-state index in [9.17, 15) is 8.42 Å². The molecule has 0 aromatic carbocycles. The van der Waals surface area contributed by atoms with Crippen LogP contribution in [-0.4, -0.2) is 94.9 Å². The van der Waals surface area contributed by atoms with Gasteiger partial charge in [0.05, 0.1) is 25.5 Å². The lowest BCUT2D eigenvalue weighted by Crippen LogP contribution is -2.46. The number of hydrogen-bond donors (Lipinski definition) is 2. The highest BCUT2D eigenvalue weighted by molar-refractivity contribution is 14.0. The third kappa shape index (κ3) is 11.7. The van der Waals surface area contributed by atoms with E-state index in [1.54, 1.807) is 14.0 Å². The lowest BCUT2D eigenvalue weighted by atomic mass is 10.0. The topological polar surface area (TPSA) is 86.3 Å². The summed E-state index contributed by atoms with van der Waals surface area (Å²) in [7, 11) is -1.47. The fourth-order valence-corrected chi connectivity index (χ4v) is 4.08. The van der Waals surface area contributed by atoms with Gasteiger partial charge >= 0.3 is 0 Å². The second-order valence-corrected chi connectivity index (χ2v) is 10.0. The number of rotatable bonds is 12. The third-order valence-corrected chi connectivity index (χ3v) is 6.75. The molecule has 1 saturated heterocycles. The minimum absolute atomic E-state index is 0. The molecule has 0 saturated carbocycles. The molecule has 8 nitrogen and oxygen atoms in total. The van der Waals surface area contributed by atoms with Crippen LogP contribution in [0.25, 0.3) is 0 Å². The summed E-state index contributed by atoms with van der Waals surface area (Å²) < 4.78 is 30.5. The van der Waals surface area contributed by atoms with E-state index in [1.165, 1.54) is 4.31 Å². The van der Waals surface area contributed by atoms with Crippen molar-refractivity contribution in [2.24, 2.45) is 10.9 Å². The van der Waals surface area contributed by atoms with Crippen LogP contribution < -0.4 is 10.6 Å². The van der Waals surface area contributed by atoms with Crippen LogP contribution in [0.5, 0.6) is 0 Å². The Bertz CT molecular complexity index is 554. The minimum Gasteiger partial charge on any atom is -0.379 e. The number of hydrogen-bond acceptors (Lipinski definition) is 5. The van der Waals surface area contributed by atoms with Crippen LogP contribution >= 0.6 is 24.0 Å². The van der Waals surface area contributed by atoms with E-state index in [0.717, 1.165) is 58.2 Å². The predicted molar refractivity (Wildman–Crippen MR) is 132 cm³/mol. The van der Waals surface area contributed by atoms with Crippen molar-refractivity contribution in [2.45, 2.75) is 46.6 Å². The van der Waals surface area contributed by atoms with Gasteiger partial charge in [-0.25, -0.2) is 12.7 Å². The van der Waals surface area contributed by atoms with Crippen LogP contribution in [0.2, 0.25) is 0 Å². The molecule has 0 radical (unpaired) electrons. The van der Waals surface area contributed by atoms with Gasteiger partial charge in [0.1, 0.15) is 0 Å². The SMILES string of the molecule is CCNC(=NCC(CC(C)C)N1CCOCC1)NCCCN(C)S(=O)(=O)CC.I. The Morgan fingerprint density at radius 2 is 1.86 bits per heavy atom. The molecule has 1 aliphatic heterocycles. The smallest absolute Gasteiger partial charge is 0.213 e. The first kappa shape index (κ1) is 28.8. The summed E-state index contributed by atoms with van der Waals surface area (Å²) in [4.78, 5) is 7.29. The lowest BCUT2D eigenvalue weighted by Gasteiger charge is -2.34. The standard InChI is InChI=1S/C19H41N5O3S.HI/c1-6-20-19(21-9-8-10-23(5)28(25,26)7-2)22-16-18(15-17(3)4)24-11-13-27-14-12-24;/h17-18H,6-16H2,1-5H3,(H2,20,21,22);1H. The number of morpholine rings is 1. The first-order valence-electron chi connectivity index (χ1n) is 10.6. The Balaban J connectivity index is 0.00000784. The molecular formula is C19H42IN5O3S. The molecule has 0 amide bonds. The molecule has 29 heavy (non-hydrogen) atoms. The molecule has 0 aromatic rings. The number of halogens is 1. The summed E-state index contributed by atoms with van der Waals surface area (Å²) in [6.45, 7) is 14.5. The van der Waals surface area contributed by atoms with Gasteiger partial charge in [0, 0.05) is 45.8 Å². The summed E-state index contributed by atoms with van der Waals surface area (Å²) >= 11 is 0. The number of nitrogens with zero attached hydrogens (tertiary/aromatic N) is 3. The summed E-state index contributed by atoms with van der Waals surface area (Å²) in [5.74, 6) is 1.56. The second kappa shape index (κ2) is 15.6. The fourth-order valence-electron chi connectivity index (χ4n) is 3.23.